The molecule has 2 nitrogen and oxygen atoms in total. The molecule has 1 N–H and O–H groups in total. The molecule has 0 aromatic heterocycles. The van der Waals surface area contributed by atoms with Crippen LogP contribution >= 0.6 is 0 Å². The molecule has 96 valence electrons. The SMILES string of the molecule is C=C/C=C/C(C)(C)CCC/C(C)=C/C(=O)CO. The van der Waals surface area contributed by atoms with Crippen molar-refractivity contribution in [2.45, 2.75) is 40.0 Å². The molecule has 0 radical (unpaired) electrons. The van der Waals surface area contributed by atoms with Crippen molar-refractivity contribution in [2.75, 3.05) is 6.61 Å². The topological polar surface area (TPSA) is 37.3 Å². The Morgan fingerprint density at radius 1 is 1.41 bits per heavy atom. The van der Waals surface area contributed by atoms with Crippen LogP contribution in [0.1, 0.15) is 40.0 Å². The van der Waals surface area contributed by atoms with E-state index in [2.05, 4.69) is 26.5 Å². The molecular formula is C15H24O2. The van der Waals surface area contributed by atoms with Crippen LogP contribution in [0.4, 0.5) is 0 Å². The summed E-state index contributed by atoms with van der Waals surface area (Å²) in [5.41, 5.74) is 1.20. The molecule has 0 aliphatic carbocycles. The van der Waals surface area contributed by atoms with Crippen molar-refractivity contribution in [3.63, 3.8) is 0 Å². The zero-order valence-electron chi connectivity index (χ0n) is 11.2. The summed E-state index contributed by atoms with van der Waals surface area (Å²) < 4.78 is 0. The Balaban J connectivity index is 4.06. The Labute approximate surface area is 105 Å². The molecule has 2 heteroatoms. The summed E-state index contributed by atoms with van der Waals surface area (Å²) in [6, 6.07) is 0. The van der Waals surface area contributed by atoms with E-state index in [0.29, 0.717) is 0 Å². The number of ketones is 1. The summed E-state index contributed by atoms with van der Waals surface area (Å²) in [6.07, 6.45) is 10.4. The average molecular weight is 236 g/mol. The molecule has 0 aliphatic rings. The van der Waals surface area contributed by atoms with Gasteiger partial charge in [-0.1, -0.05) is 44.2 Å². The quantitative estimate of drug-likeness (QED) is 0.518. The van der Waals surface area contributed by atoms with Gasteiger partial charge in [-0.05, 0) is 37.7 Å². The molecule has 17 heavy (non-hydrogen) atoms. The molecule has 0 atom stereocenters. The van der Waals surface area contributed by atoms with Crippen LogP contribution in [0.25, 0.3) is 0 Å². The van der Waals surface area contributed by atoms with Gasteiger partial charge in [0.05, 0.1) is 0 Å². The average Bonchev–Trinajstić information content (AvgIpc) is 2.26. The van der Waals surface area contributed by atoms with Crippen LogP contribution in [0.5, 0.6) is 0 Å². The van der Waals surface area contributed by atoms with Gasteiger partial charge in [-0.2, -0.15) is 0 Å². The molecular weight excluding hydrogens is 212 g/mol. The van der Waals surface area contributed by atoms with E-state index in [4.69, 9.17) is 5.11 Å². The Bertz CT molecular complexity index is 309. The molecule has 0 fully saturated rings. The fraction of sp³-hybridized carbons (Fsp3) is 0.533. The highest BCUT2D eigenvalue weighted by Gasteiger charge is 2.12. The van der Waals surface area contributed by atoms with E-state index in [9.17, 15) is 4.79 Å². The summed E-state index contributed by atoms with van der Waals surface area (Å²) in [6.45, 7) is 9.56. The first-order valence-corrected chi connectivity index (χ1v) is 6.02. The number of allylic oxidation sites excluding steroid dienone is 4. The smallest absolute Gasteiger partial charge is 0.180 e. The minimum Gasteiger partial charge on any atom is -0.388 e. The van der Waals surface area contributed by atoms with Gasteiger partial charge in [0, 0.05) is 0 Å². The molecule has 0 aromatic rings. The number of aliphatic hydroxyl groups is 1. The monoisotopic (exact) mass is 236 g/mol. The molecule has 0 bridgehead atoms. The summed E-state index contributed by atoms with van der Waals surface area (Å²) >= 11 is 0. The zero-order chi connectivity index (χ0) is 13.3. The maximum Gasteiger partial charge on any atom is 0.180 e. The van der Waals surface area contributed by atoms with Gasteiger partial charge in [0.25, 0.3) is 0 Å². The molecule has 0 spiro atoms. The van der Waals surface area contributed by atoms with Crippen LogP contribution in [0, 0.1) is 5.41 Å². The van der Waals surface area contributed by atoms with E-state index in [1.165, 1.54) is 6.08 Å². The number of rotatable bonds is 8. The number of aliphatic hydroxyl groups excluding tert-OH is 1. The van der Waals surface area contributed by atoms with Gasteiger partial charge in [0.15, 0.2) is 5.78 Å². The number of hydrogen-bond donors (Lipinski definition) is 1. The first kappa shape index (κ1) is 15.9. The first-order valence-electron chi connectivity index (χ1n) is 6.02. The van der Waals surface area contributed by atoms with Crippen LogP contribution in [0.2, 0.25) is 0 Å². The predicted octanol–water partition coefficient (Wildman–Crippen LogP) is 3.43. The second kappa shape index (κ2) is 8.02. The van der Waals surface area contributed by atoms with Crippen molar-refractivity contribution < 1.29 is 9.90 Å². The normalized spacial score (nSPS) is 13.1. The van der Waals surface area contributed by atoms with E-state index >= 15 is 0 Å². The van der Waals surface area contributed by atoms with Crippen LogP contribution in [-0.2, 0) is 4.79 Å². The fourth-order valence-electron chi connectivity index (χ4n) is 1.63. The summed E-state index contributed by atoms with van der Waals surface area (Å²) in [4.78, 5) is 11.0. The van der Waals surface area contributed by atoms with Gasteiger partial charge in [0.2, 0.25) is 0 Å². The van der Waals surface area contributed by atoms with Gasteiger partial charge >= 0.3 is 0 Å². The predicted molar refractivity (Wildman–Crippen MR) is 72.8 cm³/mol. The third-order valence-corrected chi connectivity index (χ3v) is 2.64. The van der Waals surface area contributed by atoms with Gasteiger partial charge in [-0.25, -0.2) is 0 Å². The largest absolute Gasteiger partial charge is 0.388 e. The van der Waals surface area contributed by atoms with Crippen molar-refractivity contribution in [3.05, 3.63) is 36.5 Å². The zero-order valence-corrected chi connectivity index (χ0v) is 11.2. The molecule has 0 saturated heterocycles. The van der Waals surface area contributed by atoms with Crippen LogP contribution in [-0.4, -0.2) is 17.5 Å². The summed E-state index contributed by atoms with van der Waals surface area (Å²) in [5.74, 6) is -0.215. The minimum absolute atomic E-state index is 0.162. The number of hydrogen-bond acceptors (Lipinski definition) is 2. The van der Waals surface area contributed by atoms with Crippen molar-refractivity contribution in [3.8, 4) is 0 Å². The van der Waals surface area contributed by atoms with Gasteiger partial charge in [-0.3, -0.25) is 4.79 Å². The molecule has 0 aliphatic heterocycles. The van der Waals surface area contributed by atoms with E-state index in [0.717, 1.165) is 24.8 Å². The Kier molecular flexibility index (Phi) is 7.47. The van der Waals surface area contributed by atoms with E-state index in [-0.39, 0.29) is 11.2 Å². The van der Waals surface area contributed by atoms with Crippen LogP contribution in [0.15, 0.2) is 36.5 Å². The lowest BCUT2D eigenvalue weighted by Crippen LogP contribution is -2.07. The Morgan fingerprint density at radius 2 is 2.06 bits per heavy atom. The molecule has 0 heterocycles. The third-order valence-electron chi connectivity index (χ3n) is 2.64. The Morgan fingerprint density at radius 3 is 2.59 bits per heavy atom. The third kappa shape index (κ3) is 8.64. The highest BCUT2D eigenvalue weighted by atomic mass is 16.3. The van der Waals surface area contributed by atoms with Crippen molar-refractivity contribution in [1.29, 1.82) is 0 Å². The lowest BCUT2D eigenvalue weighted by Gasteiger charge is -2.19. The fourth-order valence-corrected chi connectivity index (χ4v) is 1.63. The highest BCUT2D eigenvalue weighted by Crippen LogP contribution is 2.25. The molecule has 0 saturated carbocycles. The van der Waals surface area contributed by atoms with Gasteiger partial charge in [-0.15, -0.1) is 0 Å². The van der Waals surface area contributed by atoms with E-state index in [1.807, 2.05) is 13.0 Å². The molecule has 0 aromatic carbocycles. The maximum atomic E-state index is 11.0. The molecule has 0 unspecified atom stereocenters. The Hall–Kier alpha value is -1.15. The highest BCUT2D eigenvalue weighted by molar-refractivity contribution is 5.91. The first-order chi connectivity index (χ1) is 7.91. The van der Waals surface area contributed by atoms with Crippen molar-refractivity contribution in [1.82, 2.24) is 0 Å². The minimum atomic E-state index is -0.398. The van der Waals surface area contributed by atoms with Gasteiger partial charge in [0.1, 0.15) is 6.61 Å². The number of carbonyl (C=O) groups is 1. The van der Waals surface area contributed by atoms with Crippen molar-refractivity contribution in [2.24, 2.45) is 5.41 Å². The van der Waals surface area contributed by atoms with E-state index in [1.54, 1.807) is 6.08 Å². The summed E-state index contributed by atoms with van der Waals surface area (Å²) in [5, 5.41) is 8.62. The van der Waals surface area contributed by atoms with E-state index < -0.39 is 6.61 Å². The second-order valence-electron chi connectivity index (χ2n) is 5.05. The lowest BCUT2D eigenvalue weighted by atomic mass is 9.86. The maximum absolute atomic E-state index is 11.0. The lowest BCUT2D eigenvalue weighted by molar-refractivity contribution is -0.117. The molecule has 0 rings (SSSR count). The molecule has 0 amide bonds. The summed E-state index contributed by atoms with van der Waals surface area (Å²) in [7, 11) is 0. The van der Waals surface area contributed by atoms with Crippen LogP contribution < -0.4 is 0 Å². The second-order valence-corrected chi connectivity index (χ2v) is 5.05. The van der Waals surface area contributed by atoms with Gasteiger partial charge < -0.3 is 5.11 Å². The van der Waals surface area contributed by atoms with Crippen molar-refractivity contribution >= 4 is 5.78 Å². The standard InChI is InChI=1S/C15H24O2/c1-5-6-9-15(3,4)10-7-8-13(2)11-14(17)12-16/h5-6,9,11,16H,1,7-8,10,12H2,2-4H3/b9-6+,13-11+. The van der Waals surface area contributed by atoms with Crippen LogP contribution in [0.3, 0.4) is 0 Å². The number of carbonyl (C=O) groups excluding carboxylic acids is 1.